The number of nitrogens with zero attached hydrogens (tertiary/aromatic N) is 3. The van der Waals surface area contributed by atoms with E-state index in [1.807, 2.05) is 36.4 Å². The predicted molar refractivity (Wildman–Crippen MR) is 111 cm³/mol. The van der Waals surface area contributed by atoms with Crippen LogP contribution < -0.4 is 5.43 Å². The Morgan fingerprint density at radius 3 is 2.29 bits per heavy atom. The molecule has 0 saturated carbocycles. The van der Waals surface area contributed by atoms with Gasteiger partial charge in [0, 0.05) is 10.9 Å². The van der Waals surface area contributed by atoms with Crippen molar-refractivity contribution in [2.45, 2.75) is 6.92 Å². The van der Waals surface area contributed by atoms with Crippen LogP contribution in [0.3, 0.4) is 0 Å². The molecule has 0 atom stereocenters. The average Bonchev–Trinajstić information content (AvgIpc) is 2.72. The lowest BCUT2D eigenvalue weighted by Crippen LogP contribution is -2.03. The number of aromatic nitrogens is 2. The van der Waals surface area contributed by atoms with E-state index >= 15 is 0 Å². The van der Waals surface area contributed by atoms with Gasteiger partial charge in [-0.3, -0.25) is 5.43 Å². The molecule has 0 bridgehead atoms. The van der Waals surface area contributed by atoms with Crippen molar-refractivity contribution < 1.29 is 10.2 Å². The van der Waals surface area contributed by atoms with E-state index in [-0.39, 0.29) is 11.5 Å². The lowest BCUT2D eigenvalue weighted by Gasteiger charge is -2.10. The molecule has 6 heteroatoms. The van der Waals surface area contributed by atoms with Crippen LogP contribution in [0.25, 0.3) is 22.3 Å². The van der Waals surface area contributed by atoms with Gasteiger partial charge >= 0.3 is 0 Å². The van der Waals surface area contributed by atoms with Crippen molar-refractivity contribution in [1.82, 2.24) is 9.97 Å². The van der Waals surface area contributed by atoms with Gasteiger partial charge in [0.05, 0.1) is 16.8 Å². The summed E-state index contributed by atoms with van der Waals surface area (Å²) >= 11 is 0. The topological polar surface area (TPSA) is 90.6 Å². The number of para-hydroxylation sites is 3. The fourth-order valence-electron chi connectivity index (χ4n) is 2.92. The zero-order valence-electron chi connectivity index (χ0n) is 15.2. The third-order valence-corrected chi connectivity index (χ3v) is 4.37. The van der Waals surface area contributed by atoms with E-state index in [0.29, 0.717) is 28.5 Å². The van der Waals surface area contributed by atoms with Crippen molar-refractivity contribution in [3.05, 3.63) is 78.4 Å². The highest BCUT2D eigenvalue weighted by Crippen LogP contribution is 2.30. The van der Waals surface area contributed by atoms with Crippen LogP contribution in [-0.4, -0.2) is 25.9 Å². The number of hydrogen-bond acceptors (Lipinski definition) is 6. The van der Waals surface area contributed by atoms with Gasteiger partial charge < -0.3 is 10.2 Å². The van der Waals surface area contributed by atoms with Gasteiger partial charge in [-0.2, -0.15) is 5.10 Å². The van der Waals surface area contributed by atoms with Crippen molar-refractivity contribution >= 4 is 22.4 Å². The zero-order chi connectivity index (χ0) is 19.5. The summed E-state index contributed by atoms with van der Waals surface area (Å²) in [4.78, 5) is 9.13. The first kappa shape index (κ1) is 17.5. The number of nitrogens with one attached hydrogen (secondary N) is 1. The second-order valence-electron chi connectivity index (χ2n) is 6.26. The highest BCUT2D eigenvalue weighted by atomic mass is 16.3. The Hall–Kier alpha value is -3.93. The standard InChI is InChI=1S/C22H18N4O2/c1-14(15-8-3-6-12-19(15)27)25-26-22-16-9-2-5-11-18(16)23-21(24-22)17-10-4-7-13-20(17)28/h2-13,27-28H,1H3,(H,23,24,26)/b25-14+. The molecule has 3 aromatic carbocycles. The summed E-state index contributed by atoms with van der Waals surface area (Å²) in [5.41, 5.74) is 5.51. The monoisotopic (exact) mass is 370 g/mol. The second-order valence-corrected chi connectivity index (χ2v) is 6.26. The molecule has 0 fully saturated rings. The Balaban J connectivity index is 1.79. The smallest absolute Gasteiger partial charge is 0.165 e. The number of phenols is 2. The van der Waals surface area contributed by atoms with Crippen molar-refractivity contribution in [1.29, 1.82) is 0 Å². The lowest BCUT2D eigenvalue weighted by molar-refractivity contribution is 0.474. The minimum absolute atomic E-state index is 0.109. The van der Waals surface area contributed by atoms with E-state index in [1.54, 1.807) is 43.3 Å². The Morgan fingerprint density at radius 1 is 0.821 bits per heavy atom. The molecule has 3 N–H and O–H groups in total. The summed E-state index contributed by atoms with van der Waals surface area (Å²) in [6, 6.07) is 21.5. The van der Waals surface area contributed by atoms with Crippen molar-refractivity contribution in [3.63, 3.8) is 0 Å². The Kier molecular flexibility index (Phi) is 4.60. The summed E-state index contributed by atoms with van der Waals surface area (Å²) in [6.07, 6.45) is 0. The van der Waals surface area contributed by atoms with Crippen molar-refractivity contribution in [2.75, 3.05) is 5.43 Å². The minimum atomic E-state index is 0.109. The molecule has 0 aliphatic heterocycles. The van der Waals surface area contributed by atoms with Crippen LogP contribution in [0.2, 0.25) is 0 Å². The van der Waals surface area contributed by atoms with Gasteiger partial charge in [0.1, 0.15) is 11.5 Å². The molecule has 1 heterocycles. The summed E-state index contributed by atoms with van der Waals surface area (Å²) in [6.45, 7) is 1.80. The number of benzene rings is 3. The first-order valence-electron chi connectivity index (χ1n) is 8.77. The Morgan fingerprint density at radius 2 is 1.50 bits per heavy atom. The predicted octanol–water partition coefficient (Wildman–Crippen LogP) is 4.54. The molecule has 0 aliphatic carbocycles. The van der Waals surface area contributed by atoms with Gasteiger partial charge in [-0.05, 0) is 43.3 Å². The number of hydrogen-bond donors (Lipinski definition) is 3. The minimum Gasteiger partial charge on any atom is -0.507 e. The number of hydrazone groups is 1. The third-order valence-electron chi connectivity index (χ3n) is 4.37. The molecule has 0 saturated heterocycles. The fraction of sp³-hybridized carbons (Fsp3) is 0.0455. The van der Waals surface area contributed by atoms with Crippen LogP contribution in [-0.2, 0) is 0 Å². The van der Waals surface area contributed by atoms with Gasteiger partial charge in [-0.1, -0.05) is 36.4 Å². The molecule has 0 aliphatic rings. The molecule has 138 valence electrons. The van der Waals surface area contributed by atoms with E-state index in [2.05, 4.69) is 20.5 Å². The largest absolute Gasteiger partial charge is 0.507 e. The molecule has 0 amide bonds. The summed E-state index contributed by atoms with van der Waals surface area (Å²) in [5, 5.41) is 25.4. The van der Waals surface area contributed by atoms with Crippen molar-refractivity contribution in [3.8, 4) is 22.9 Å². The molecule has 4 aromatic rings. The van der Waals surface area contributed by atoms with E-state index in [1.165, 1.54) is 0 Å². The van der Waals surface area contributed by atoms with Crippen LogP contribution in [0.1, 0.15) is 12.5 Å². The molecular formula is C22H18N4O2. The molecule has 0 spiro atoms. The maximum atomic E-state index is 10.2. The third kappa shape index (κ3) is 3.35. The molecule has 4 rings (SSSR count). The molecule has 0 unspecified atom stereocenters. The van der Waals surface area contributed by atoms with Crippen molar-refractivity contribution in [2.24, 2.45) is 5.10 Å². The first-order valence-corrected chi connectivity index (χ1v) is 8.77. The SMILES string of the molecule is C/C(=N\Nc1nc(-c2ccccc2O)nc2ccccc12)c1ccccc1O. The zero-order valence-corrected chi connectivity index (χ0v) is 15.2. The molecule has 28 heavy (non-hydrogen) atoms. The number of fused-ring (bicyclic) bond motifs is 1. The van der Waals surface area contributed by atoms with E-state index in [4.69, 9.17) is 0 Å². The number of rotatable bonds is 4. The summed E-state index contributed by atoms with van der Waals surface area (Å²) in [5.74, 6) is 1.18. The van der Waals surface area contributed by atoms with Gasteiger partial charge in [-0.25, -0.2) is 9.97 Å². The molecule has 1 aromatic heterocycles. The Labute approximate surface area is 161 Å². The first-order chi connectivity index (χ1) is 13.6. The highest BCUT2D eigenvalue weighted by Gasteiger charge is 2.12. The van der Waals surface area contributed by atoms with Crippen LogP contribution in [0.4, 0.5) is 5.82 Å². The normalized spacial score (nSPS) is 11.5. The summed E-state index contributed by atoms with van der Waals surface area (Å²) < 4.78 is 0. The Bertz CT molecular complexity index is 1190. The van der Waals surface area contributed by atoms with Gasteiger partial charge in [0.15, 0.2) is 11.6 Å². The number of aromatic hydroxyl groups is 2. The van der Waals surface area contributed by atoms with E-state index in [9.17, 15) is 10.2 Å². The van der Waals surface area contributed by atoms with Gasteiger partial charge in [-0.15, -0.1) is 0 Å². The average molecular weight is 370 g/mol. The van der Waals surface area contributed by atoms with Crippen LogP contribution in [0.5, 0.6) is 11.5 Å². The maximum absolute atomic E-state index is 10.2. The van der Waals surface area contributed by atoms with E-state index < -0.39 is 0 Å². The van der Waals surface area contributed by atoms with E-state index in [0.717, 1.165) is 10.9 Å². The highest BCUT2D eigenvalue weighted by molar-refractivity contribution is 6.01. The number of anilines is 1. The van der Waals surface area contributed by atoms with Gasteiger partial charge in [0.25, 0.3) is 0 Å². The van der Waals surface area contributed by atoms with Crippen LogP contribution in [0.15, 0.2) is 77.9 Å². The maximum Gasteiger partial charge on any atom is 0.165 e. The molecule has 6 nitrogen and oxygen atoms in total. The second kappa shape index (κ2) is 7.36. The molecular weight excluding hydrogens is 352 g/mol. The van der Waals surface area contributed by atoms with Crippen LogP contribution >= 0.6 is 0 Å². The lowest BCUT2D eigenvalue weighted by atomic mass is 10.1. The molecule has 0 radical (unpaired) electrons. The summed E-state index contributed by atoms with van der Waals surface area (Å²) in [7, 11) is 0. The quantitative estimate of drug-likeness (QED) is 0.362. The number of phenolic OH excluding ortho intramolecular Hbond substituents is 2. The fourth-order valence-corrected chi connectivity index (χ4v) is 2.92. The van der Waals surface area contributed by atoms with Crippen LogP contribution in [0, 0.1) is 0 Å². The van der Waals surface area contributed by atoms with Gasteiger partial charge in [0.2, 0.25) is 0 Å².